The zero-order valence-electron chi connectivity index (χ0n) is 17.0. The number of aryl methyl sites for hydroxylation is 1. The fourth-order valence-corrected chi connectivity index (χ4v) is 5.52. The van der Waals surface area contributed by atoms with E-state index in [1.54, 1.807) is 12.1 Å². The molecular formula is C22H36NO3P. The van der Waals surface area contributed by atoms with E-state index >= 15 is 0 Å². The van der Waals surface area contributed by atoms with E-state index in [2.05, 4.69) is 12.2 Å². The van der Waals surface area contributed by atoms with Crippen molar-refractivity contribution >= 4 is 19.4 Å². The molecule has 152 valence electrons. The van der Waals surface area contributed by atoms with Crippen LogP contribution < -0.4 is 5.32 Å². The van der Waals surface area contributed by atoms with Crippen LogP contribution in [0.3, 0.4) is 0 Å². The van der Waals surface area contributed by atoms with Crippen molar-refractivity contribution in [3.8, 4) is 0 Å². The Balaban J connectivity index is 2.38. The van der Waals surface area contributed by atoms with Gasteiger partial charge in [-0.15, -0.1) is 0 Å². The first-order valence-electron chi connectivity index (χ1n) is 10.3. The zero-order chi connectivity index (χ0) is 19.9. The standard InChI is InChI=1S/C22H36NO3P/c1-3-10-21(24)27(17-9-7-5-4-6-8-16-23-2)18-15-19-11-13-20(14-12-19)22(25)26/h11-14,23H,3-10,15-18H2,1-2H3,(H,25,26). The van der Waals surface area contributed by atoms with Crippen LogP contribution in [0, 0.1) is 0 Å². The van der Waals surface area contributed by atoms with Crippen LogP contribution in [0.2, 0.25) is 0 Å². The highest BCUT2D eigenvalue weighted by Gasteiger charge is 2.16. The fraction of sp³-hybridized carbons (Fsp3) is 0.636. The van der Waals surface area contributed by atoms with Gasteiger partial charge >= 0.3 is 5.97 Å². The van der Waals surface area contributed by atoms with Gasteiger partial charge in [0.2, 0.25) is 0 Å². The molecule has 0 radical (unpaired) electrons. The van der Waals surface area contributed by atoms with Crippen LogP contribution in [0.25, 0.3) is 0 Å². The lowest BCUT2D eigenvalue weighted by atomic mass is 10.1. The van der Waals surface area contributed by atoms with Gasteiger partial charge in [-0.3, -0.25) is 4.79 Å². The highest BCUT2D eigenvalue weighted by atomic mass is 31.1. The van der Waals surface area contributed by atoms with E-state index < -0.39 is 13.9 Å². The first-order valence-corrected chi connectivity index (χ1v) is 12.0. The van der Waals surface area contributed by atoms with Crippen LogP contribution >= 0.6 is 7.92 Å². The second-order valence-corrected chi connectivity index (χ2v) is 9.58. The predicted molar refractivity (Wildman–Crippen MR) is 115 cm³/mol. The van der Waals surface area contributed by atoms with Gasteiger partial charge in [0.1, 0.15) is 0 Å². The zero-order valence-corrected chi connectivity index (χ0v) is 17.9. The van der Waals surface area contributed by atoms with Crippen molar-refractivity contribution in [1.29, 1.82) is 0 Å². The van der Waals surface area contributed by atoms with E-state index in [-0.39, 0.29) is 0 Å². The first-order chi connectivity index (χ1) is 13.1. The SMILES string of the molecule is CCCC(=O)P(CCCCCCCCNC)CCc1ccc(C(=O)O)cc1. The molecule has 1 rings (SSSR count). The molecule has 0 aliphatic heterocycles. The molecule has 0 saturated heterocycles. The first kappa shape index (κ1) is 23.8. The van der Waals surface area contributed by atoms with E-state index in [1.165, 1.54) is 32.1 Å². The maximum absolute atomic E-state index is 12.5. The summed E-state index contributed by atoms with van der Waals surface area (Å²) in [4.78, 5) is 23.4. The number of carboxylic acid groups (broad SMARTS) is 1. The molecule has 1 aromatic rings. The molecule has 0 saturated carbocycles. The van der Waals surface area contributed by atoms with Crippen molar-refractivity contribution < 1.29 is 14.7 Å². The average Bonchev–Trinajstić information content (AvgIpc) is 2.66. The lowest BCUT2D eigenvalue weighted by molar-refractivity contribution is -0.111. The molecule has 0 spiro atoms. The second kappa shape index (κ2) is 14.8. The van der Waals surface area contributed by atoms with Gasteiger partial charge in [-0.1, -0.05) is 44.7 Å². The number of carbonyl (C=O) groups is 2. The Labute approximate surface area is 165 Å². The van der Waals surface area contributed by atoms with Crippen LogP contribution in [0.15, 0.2) is 24.3 Å². The topological polar surface area (TPSA) is 66.4 Å². The Morgan fingerprint density at radius 2 is 1.59 bits per heavy atom. The molecule has 5 heteroatoms. The molecule has 0 amide bonds. The van der Waals surface area contributed by atoms with Gasteiger partial charge < -0.3 is 10.4 Å². The lowest BCUT2D eigenvalue weighted by Gasteiger charge is -2.16. The number of rotatable bonds is 16. The number of nitrogens with one attached hydrogen (secondary N) is 1. The summed E-state index contributed by atoms with van der Waals surface area (Å²) in [5.74, 6) is -0.895. The van der Waals surface area contributed by atoms with Gasteiger partial charge in [-0.05, 0) is 77.2 Å². The maximum atomic E-state index is 12.5. The lowest BCUT2D eigenvalue weighted by Crippen LogP contribution is -2.07. The van der Waals surface area contributed by atoms with Crippen LogP contribution in [-0.4, -0.2) is 42.5 Å². The predicted octanol–water partition coefficient (Wildman–Crippen LogP) is 5.30. The Morgan fingerprint density at radius 1 is 0.963 bits per heavy atom. The second-order valence-electron chi connectivity index (χ2n) is 7.11. The number of aromatic carboxylic acids is 1. The average molecular weight is 394 g/mol. The van der Waals surface area contributed by atoms with Crippen LogP contribution in [-0.2, 0) is 11.2 Å². The van der Waals surface area contributed by atoms with Crippen LogP contribution in [0.1, 0.15) is 74.2 Å². The van der Waals surface area contributed by atoms with Crippen LogP contribution in [0.4, 0.5) is 0 Å². The number of benzene rings is 1. The van der Waals surface area contributed by atoms with E-state index in [1.807, 2.05) is 19.2 Å². The minimum atomic E-state index is -0.895. The third-order valence-electron chi connectivity index (χ3n) is 4.79. The van der Waals surface area contributed by atoms with Crippen molar-refractivity contribution in [2.75, 3.05) is 25.9 Å². The molecule has 0 bridgehead atoms. The fourth-order valence-electron chi connectivity index (χ4n) is 3.12. The smallest absolute Gasteiger partial charge is 0.335 e. The minimum Gasteiger partial charge on any atom is -0.478 e. The molecule has 0 aliphatic rings. The molecule has 0 fully saturated rings. The minimum absolute atomic E-state index is 0.317. The number of unbranched alkanes of at least 4 members (excludes halogenated alkanes) is 5. The summed E-state index contributed by atoms with van der Waals surface area (Å²) >= 11 is 0. The van der Waals surface area contributed by atoms with Gasteiger partial charge in [0, 0.05) is 6.42 Å². The molecule has 0 aromatic heterocycles. The largest absolute Gasteiger partial charge is 0.478 e. The number of carboxylic acids is 1. The summed E-state index contributed by atoms with van der Waals surface area (Å²) < 4.78 is 0. The quantitative estimate of drug-likeness (QED) is 0.296. The summed E-state index contributed by atoms with van der Waals surface area (Å²) in [6.07, 6.45) is 12.0. The van der Waals surface area contributed by atoms with E-state index in [0.717, 1.165) is 43.7 Å². The third-order valence-corrected chi connectivity index (χ3v) is 7.34. The summed E-state index contributed by atoms with van der Waals surface area (Å²) in [5.41, 5.74) is 1.91. The van der Waals surface area contributed by atoms with Crippen molar-refractivity contribution in [1.82, 2.24) is 5.32 Å². The third kappa shape index (κ3) is 10.6. The molecule has 1 unspecified atom stereocenters. The Kier molecular flexibility index (Phi) is 13.0. The van der Waals surface area contributed by atoms with Gasteiger partial charge in [0.25, 0.3) is 0 Å². The van der Waals surface area contributed by atoms with Gasteiger partial charge in [0.15, 0.2) is 5.52 Å². The van der Waals surface area contributed by atoms with E-state index in [9.17, 15) is 9.59 Å². The monoisotopic (exact) mass is 393 g/mol. The van der Waals surface area contributed by atoms with E-state index in [0.29, 0.717) is 17.5 Å². The number of carbonyl (C=O) groups excluding carboxylic acids is 1. The van der Waals surface area contributed by atoms with Gasteiger partial charge in [-0.2, -0.15) is 0 Å². The van der Waals surface area contributed by atoms with Crippen molar-refractivity contribution in [3.63, 3.8) is 0 Å². The van der Waals surface area contributed by atoms with Crippen molar-refractivity contribution in [2.24, 2.45) is 0 Å². The molecule has 2 N–H and O–H groups in total. The Hall–Kier alpha value is -1.25. The summed E-state index contributed by atoms with van der Waals surface area (Å²) in [6, 6.07) is 7.07. The molecule has 4 nitrogen and oxygen atoms in total. The molecular weight excluding hydrogens is 357 g/mol. The highest BCUT2D eigenvalue weighted by Crippen LogP contribution is 2.40. The molecule has 1 aromatic carbocycles. The summed E-state index contributed by atoms with van der Waals surface area (Å²) in [7, 11) is 1.43. The van der Waals surface area contributed by atoms with Crippen LogP contribution in [0.5, 0.6) is 0 Å². The van der Waals surface area contributed by atoms with Crippen molar-refractivity contribution in [3.05, 3.63) is 35.4 Å². The number of hydrogen-bond donors (Lipinski definition) is 2. The maximum Gasteiger partial charge on any atom is 0.335 e. The summed E-state index contributed by atoms with van der Waals surface area (Å²) in [6.45, 7) is 3.17. The molecule has 1 atom stereocenters. The Morgan fingerprint density at radius 3 is 2.19 bits per heavy atom. The van der Waals surface area contributed by atoms with E-state index in [4.69, 9.17) is 5.11 Å². The van der Waals surface area contributed by atoms with Crippen molar-refractivity contribution in [2.45, 2.75) is 64.7 Å². The number of hydrogen-bond acceptors (Lipinski definition) is 3. The molecule has 27 heavy (non-hydrogen) atoms. The molecule has 0 heterocycles. The molecule has 0 aliphatic carbocycles. The van der Waals surface area contributed by atoms with Gasteiger partial charge in [0.05, 0.1) is 5.56 Å². The summed E-state index contributed by atoms with van der Waals surface area (Å²) in [5, 5.41) is 12.2. The Bertz CT molecular complexity index is 545. The highest BCUT2D eigenvalue weighted by molar-refractivity contribution is 7.74. The normalized spacial score (nSPS) is 12.1. The van der Waals surface area contributed by atoms with Gasteiger partial charge in [-0.25, -0.2) is 4.79 Å².